The summed E-state index contributed by atoms with van der Waals surface area (Å²) in [6.45, 7) is 0. The van der Waals surface area contributed by atoms with E-state index in [2.05, 4.69) is 10.2 Å². The number of aromatic amines is 1. The topological polar surface area (TPSA) is 63.9 Å². The number of aromatic nitrogens is 2. The molecule has 3 rings (SSSR count). The van der Waals surface area contributed by atoms with E-state index in [1.807, 2.05) is 0 Å². The average Bonchev–Trinajstić information content (AvgIpc) is 2.84. The van der Waals surface area contributed by atoms with Gasteiger partial charge >= 0.3 is 0 Å². The SMILES string of the molecule is Nc1n[nH]c(C2C[C@@H]3CC[C@H]2O3)c1F. The molecule has 3 heterocycles. The third-order valence-corrected chi connectivity index (χ3v) is 3.23. The highest BCUT2D eigenvalue weighted by atomic mass is 19.1. The number of hydrogen-bond donors (Lipinski definition) is 2. The predicted octanol–water partition coefficient (Wildman–Crippen LogP) is 1.17. The average molecular weight is 197 g/mol. The molecule has 4 nitrogen and oxygen atoms in total. The van der Waals surface area contributed by atoms with E-state index in [1.165, 1.54) is 0 Å². The normalized spacial score (nSPS) is 35.4. The molecule has 0 spiro atoms. The zero-order valence-corrected chi connectivity index (χ0v) is 7.66. The number of rotatable bonds is 1. The first kappa shape index (κ1) is 8.23. The van der Waals surface area contributed by atoms with E-state index in [-0.39, 0.29) is 17.8 Å². The fourth-order valence-corrected chi connectivity index (χ4v) is 2.54. The Labute approximate surface area is 80.6 Å². The molecule has 14 heavy (non-hydrogen) atoms. The van der Waals surface area contributed by atoms with Gasteiger partial charge in [0.2, 0.25) is 0 Å². The van der Waals surface area contributed by atoms with Gasteiger partial charge in [-0.1, -0.05) is 0 Å². The summed E-state index contributed by atoms with van der Waals surface area (Å²) in [5, 5.41) is 6.34. The second-order valence-electron chi connectivity index (χ2n) is 4.05. The first-order valence-corrected chi connectivity index (χ1v) is 4.90. The number of nitrogens with zero attached hydrogens (tertiary/aromatic N) is 1. The van der Waals surface area contributed by atoms with Crippen molar-refractivity contribution < 1.29 is 9.13 Å². The monoisotopic (exact) mass is 197 g/mol. The Morgan fingerprint density at radius 3 is 2.86 bits per heavy atom. The Kier molecular flexibility index (Phi) is 1.58. The number of anilines is 1. The third kappa shape index (κ3) is 0.987. The maximum atomic E-state index is 13.5. The molecule has 0 aliphatic carbocycles. The molecule has 2 fully saturated rings. The molecule has 2 aliphatic heterocycles. The van der Waals surface area contributed by atoms with Crippen LogP contribution in [0.15, 0.2) is 0 Å². The van der Waals surface area contributed by atoms with Crippen molar-refractivity contribution >= 4 is 5.82 Å². The van der Waals surface area contributed by atoms with E-state index in [4.69, 9.17) is 10.5 Å². The van der Waals surface area contributed by atoms with Gasteiger partial charge in [-0.15, -0.1) is 0 Å². The number of halogens is 1. The van der Waals surface area contributed by atoms with Gasteiger partial charge in [0.1, 0.15) is 0 Å². The Hall–Kier alpha value is -1.10. The first-order chi connectivity index (χ1) is 6.75. The molecule has 2 saturated heterocycles. The van der Waals surface area contributed by atoms with Crippen LogP contribution in [0.25, 0.3) is 0 Å². The van der Waals surface area contributed by atoms with Gasteiger partial charge < -0.3 is 10.5 Å². The van der Waals surface area contributed by atoms with E-state index in [9.17, 15) is 4.39 Å². The van der Waals surface area contributed by atoms with Gasteiger partial charge in [0.15, 0.2) is 11.6 Å². The quantitative estimate of drug-likeness (QED) is 0.710. The first-order valence-electron chi connectivity index (χ1n) is 4.90. The Morgan fingerprint density at radius 1 is 1.50 bits per heavy atom. The molecular weight excluding hydrogens is 185 g/mol. The fraction of sp³-hybridized carbons (Fsp3) is 0.667. The standard InChI is InChI=1S/C9H12FN3O/c10-7-8(12-13-9(7)11)5-3-4-1-2-6(5)14-4/h4-6H,1-3H2,(H3,11,12,13)/t4-,5?,6+/m0/s1. The van der Waals surface area contributed by atoms with E-state index < -0.39 is 5.82 Å². The van der Waals surface area contributed by atoms with E-state index in [1.54, 1.807) is 0 Å². The molecule has 5 heteroatoms. The van der Waals surface area contributed by atoms with Crippen LogP contribution in [0.4, 0.5) is 10.2 Å². The van der Waals surface area contributed by atoms with Crippen molar-refractivity contribution in [3.05, 3.63) is 11.5 Å². The van der Waals surface area contributed by atoms with Crippen LogP contribution >= 0.6 is 0 Å². The van der Waals surface area contributed by atoms with Crippen molar-refractivity contribution in [3.63, 3.8) is 0 Å². The minimum absolute atomic E-state index is 0.0391. The maximum absolute atomic E-state index is 13.5. The highest BCUT2D eigenvalue weighted by molar-refractivity contribution is 5.34. The fourth-order valence-electron chi connectivity index (χ4n) is 2.54. The minimum Gasteiger partial charge on any atom is -0.380 e. The van der Waals surface area contributed by atoms with Gasteiger partial charge in [-0.3, -0.25) is 5.10 Å². The number of fused-ring (bicyclic) bond motifs is 2. The van der Waals surface area contributed by atoms with Crippen molar-refractivity contribution in [3.8, 4) is 0 Å². The summed E-state index contributed by atoms with van der Waals surface area (Å²) >= 11 is 0. The zero-order chi connectivity index (χ0) is 9.71. The van der Waals surface area contributed by atoms with Crippen LogP contribution < -0.4 is 5.73 Å². The number of hydrogen-bond acceptors (Lipinski definition) is 3. The van der Waals surface area contributed by atoms with Crippen LogP contribution in [-0.2, 0) is 4.74 Å². The van der Waals surface area contributed by atoms with Crippen molar-refractivity contribution in [1.29, 1.82) is 0 Å². The van der Waals surface area contributed by atoms with Crippen molar-refractivity contribution in [2.75, 3.05) is 5.73 Å². The second-order valence-corrected chi connectivity index (χ2v) is 4.05. The van der Waals surface area contributed by atoms with Crippen molar-refractivity contribution in [1.82, 2.24) is 10.2 Å². The molecule has 76 valence electrons. The largest absolute Gasteiger partial charge is 0.380 e. The van der Waals surface area contributed by atoms with Gasteiger partial charge in [0.25, 0.3) is 0 Å². The Morgan fingerprint density at radius 2 is 2.36 bits per heavy atom. The van der Waals surface area contributed by atoms with Crippen LogP contribution in [0.1, 0.15) is 30.9 Å². The van der Waals surface area contributed by atoms with Crippen molar-refractivity contribution in [2.45, 2.75) is 37.4 Å². The third-order valence-electron chi connectivity index (χ3n) is 3.23. The lowest BCUT2D eigenvalue weighted by molar-refractivity contribution is 0.0999. The zero-order valence-electron chi connectivity index (χ0n) is 7.66. The molecule has 1 aromatic heterocycles. The smallest absolute Gasteiger partial charge is 0.188 e. The molecule has 2 bridgehead atoms. The van der Waals surface area contributed by atoms with Crippen LogP contribution in [0.5, 0.6) is 0 Å². The summed E-state index contributed by atoms with van der Waals surface area (Å²) in [7, 11) is 0. The van der Waals surface area contributed by atoms with Crippen LogP contribution in [0.3, 0.4) is 0 Å². The Balaban J connectivity index is 1.93. The Bertz CT molecular complexity index is 365. The van der Waals surface area contributed by atoms with Gasteiger partial charge in [-0.25, -0.2) is 4.39 Å². The molecule has 0 saturated carbocycles. The molecule has 0 radical (unpaired) electrons. The number of nitrogens with two attached hydrogens (primary N) is 1. The lowest BCUT2D eigenvalue weighted by Crippen LogP contribution is -2.15. The predicted molar refractivity (Wildman–Crippen MR) is 48.2 cm³/mol. The highest BCUT2D eigenvalue weighted by Crippen LogP contribution is 2.44. The summed E-state index contributed by atoms with van der Waals surface area (Å²) < 4.78 is 19.1. The van der Waals surface area contributed by atoms with Crippen LogP contribution in [-0.4, -0.2) is 22.4 Å². The number of nitrogens with one attached hydrogen (secondary N) is 1. The molecule has 3 atom stereocenters. The van der Waals surface area contributed by atoms with Gasteiger partial charge in [-0.05, 0) is 19.3 Å². The van der Waals surface area contributed by atoms with Crippen molar-refractivity contribution in [2.24, 2.45) is 0 Å². The van der Waals surface area contributed by atoms with E-state index in [0.29, 0.717) is 11.8 Å². The van der Waals surface area contributed by atoms with Crippen LogP contribution in [0.2, 0.25) is 0 Å². The summed E-state index contributed by atoms with van der Waals surface area (Å²) in [5.41, 5.74) is 5.87. The lowest BCUT2D eigenvalue weighted by atomic mass is 9.87. The van der Waals surface area contributed by atoms with Crippen LogP contribution in [0, 0.1) is 5.82 Å². The summed E-state index contributed by atoms with van der Waals surface area (Å²) in [6.07, 6.45) is 3.49. The molecule has 0 amide bonds. The minimum atomic E-state index is -0.397. The van der Waals surface area contributed by atoms with Gasteiger partial charge in [0.05, 0.1) is 17.9 Å². The molecule has 1 aromatic rings. The second kappa shape index (κ2) is 2.70. The molecule has 3 N–H and O–H groups in total. The molecule has 2 aliphatic rings. The van der Waals surface area contributed by atoms with Gasteiger partial charge in [0, 0.05) is 5.92 Å². The summed E-state index contributed by atoms with van der Waals surface area (Å²) in [5.74, 6) is -0.313. The molecular formula is C9H12FN3O. The van der Waals surface area contributed by atoms with E-state index >= 15 is 0 Å². The maximum Gasteiger partial charge on any atom is 0.188 e. The summed E-state index contributed by atoms with van der Waals surface area (Å²) in [6, 6.07) is 0. The number of H-pyrrole nitrogens is 1. The van der Waals surface area contributed by atoms with E-state index in [0.717, 1.165) is 19.3 Å². The molecule has 1 unspecified atom stereocenters. The number of nitrogen functional groups attached to an aromatic ring is 1. The highest BCUT2D eigenvalue weighted by Gasteiger charge is 2.43. The number of ether oxygens (including phenoxy) is 1. The summed E-state index contributed by atoms with van der Waals surface area (Å²) in [4.78, 5) is 0. The molecule has 0 aromatic carbocycles. The van der Waals surface area contributed by atoms with Gasteiger partial charge in [-0.2, -0.15) is 5.10 Å². The lowest BCUT2D eigenvalue weighted by Gasteiger charge is -2.16.